The highest BCUT2D eigenvalue weighted by Gasteiger charge is 2.33. The van der Waals surface area contributed by atoms with Crippen LogP contribution in [-0.2, 0) is 40.1 Å². The van der Waals surface area contributed by atoms with E-state index in [9.17, 15) is 28.8 Å². The quantitative estimate of drug-likeness (QED) is 0.151. The van der Waals surface area contributed by atoms with Gasteiger partial charge in [-0.25, -0.2) is 9.59 Å². The predicted molar refractivity (Wildman–Crippen MR) is 173 cm³/mol. The van der Waals surface area contributed by atoms with E-state index >= 15 is 0 Å². The lowest BCUT2D eigenvalue weighted by Gasteiger charge is -2.27. The molecule has 1 aromatic carbocycles. The molecule has 0 aliphatic carbocycles. The summed E-state index contributed by atoms with van der Waals surface area (Å²) >= 11 is 0. The summed E-state index contributed by atoms with van der Waals surface area (Å²) in [5.41, 5.74) is 0.789. The molecule has 0 fully saturated rings. The van der Waals surface area contributed by atoms with Gasteiger partial charge in [-0.05, 0) is 43.1 Å². The molecule has 0 spiro atoms. The van der Waals surface area contributed by atoms with Crippen molar-refractivity contribution >= 4 is 35.7 Å². The number of esters is 1. The van der Waals surface area contributed by atoms with E-state index < -0.39 is 65.9 Å². The highest BCUT2D eigenvalue weighted by atomic mass is 16.5. The number of amides is 5. The third-order valence-electron chi connectivity index (χ3n) is 7.53. The van der Waals surface area contributed by atoms with Gasteiger partial charge < -0.3 is 36.1 Å². The van der Waals surface area contributed by atoms with Gasteiger partial charge in [-0.2, -0.15) is 0 Å². The van der Waals surface area contributed by atoms with Crippen LogP contribution < -0.4 is 26.6 Å². The van der Waals surface area contributed by atoms with Crippen molar-refractivity contribution in [2.24, 2.45) is 17.8 Å². The second-order valence-electron chi connectivity index (χ2n) is 12.2. The number of hydrogen-bond donors (Lipinski definition) is 5. The molecule has 0 saturated carbocycles. The maximum absolute atomic E-state index is 13.3. The molecule has 258 valence electrons. The molecule has 1 aromatic rings. The Bertz CT molecular complexity index is 1160. The van der Waals surface area contributed by atoms with Crippen molar-refractivity contribution in [3.05, 3.63) is 35.9 Å². The van der Waals surface area contributed by atoms with Gasteiger partial charge in [-0.3, -0.25) is 19.2 Å². The molecule has 0 radical (unpaired) electrons. The van der Waals surface area contributed by atoms with Gasteiger partial charge in [0.05, 0.1) is 7.11 Å². The van der Waals surface area contributed by atoms with Gasteiger partial charge >= 0.3 is 12.1 Å². The second kappa shape index (κ2) is 20.1. The van der Waals surface area contributed by atoms with Gasteiger partial charge in [0.25, 0.3) is 0 Å². The first-order chi connectivity index (χ1) is 21.6. The lowest BCUT2D eigenvalue weighted by atomic mass is 9.98. The Morgan fingerprint density at radius 1 is 0.674 bits per heavy atom. The number of benzene rings is 1. The molecule has 0 aliphatic rings. The molecule has 0 aliphatic heterocycles. The maximum Gasteiger partial charge on any atom is 0.408 e. The van der Waals surface area contributed by atoms with Crippen LogP contribution in [0.1, 0.15) is 80.2 Å². The minimum Gasteiger partial charge on any atom is -0.467 e. The van der Waals surface area contributed by atoms with E-state index in [0.29, 0.717) is 6.42 Å². The fraction of sp³-hybridized carbons (Fsp3) is 0.636. The van der Waals surface area contributed by atoms with Crippen molar-refractivity contribution in [2.75, 3.05) is 7.11 Å². The summed E-state index contributed by atoms with van der Waals surface area (Å²) in [4.78, 5) is 77.3. The summed E-state index contributed by atoms with van der Waals surface area (Å²) in [6, 6.07) is 4.21. The smallest absolute Gasteiger partial charge is 0.408 e. The number of alkyl carbamates (subject to hydrolysis) is 1. The zero-order chi connectivity index (χ0) is 35.0. The van der Waals surface area contributed by atoms with Crippen LogP contribution in [0.3, 0.4) is 0 Å². The van der Waals surface area contributed by atoms with Crippen LogP contribution in [0.15, 0.2) is 30.3 Å². The molecule has 1 unspecified atom stereocenters. The Hall–Kier alpha value is -4.16. The van der Waals surface area contributed by atoms with E-state index in [1.165, 1.54) is 14.0 Å². The first-order valence-corrected chi connectivity index (χ1v) is 15.9. The van der Waals surface area contributed by atoms with Crippen molar-refractivity contribution in [1.29, 1.82) is 0 Å². The molecule has 1 rings (SSSR count). The van der Waals surface area contributed by atoms with Crippen LogP contribution >= 0.6 is 0 Å². The molecular weight excluding hydrogens is 594 g/mol. The molecular formula is C33H53N5O8. The highest BCUT2D eigenvalue weighted by molar-refractivity contribution is 5.95. The number of ether oxygens (including phenoxy) is 2. The largest absolute Gasteiger partial charge is 0.467 e. The summed E-state index contributed by atoms with van der Waals surface area (Å²) < 4.78 is 10.1. The van der Waals surface area contributed by atoms with Crippen LogP contribution in [0, 0.1) is 17.8 Å². The molecule has 0 aromatic heterocycles. The Morgan fingerprint density at radius 2 is 1.26 bits per heavy atom. The third-order valence-corrected chi connectivity index (χ3v) is 7.53. The van der Waals surface area contributed by atoms with Crippen LogP contribution in [0.25, 0.3) is 0 Å². The molecule has 0 bridgehead atoms. The Labute approximate surface area is 272 Å². The second-order valence-corrected chi connectivity index (χ2v) is 12.2. The molecule has 6 atom stereocenters. The van der Waals surface area contributed by atoms with E-state index in [2.05, 4.69) is 26.6 Å². The third kappa shape index (κ3) is 13.5. The van der Waals surface area contributed by atoms with Crippen molar-refractivity contribution in [3.8, 4) is 0 Å². The predicted octanol–water partition coefficient (Wildman–Crippen LogP) is 2.57. The summed E-state index contributed by atoms with van der Waals surface area (Å²) in [5.74, 6) is -3.44. The molecule has 0 heterocycles. The highest BCUT2D eigenvalue weighted by Crippen LogP contribution is 2.11. The number of rotatable bonds is 18. The molecule has 13 heteroatoms. The van der Waals surface area contributed by atoms with Gasteiger partial charge in [0.1, 0.15) is 36.8 Å². The van der Waals surface area contributed by atoms with E-state index in [1.54, 1.807) is 20.8 Å². The van der Waals surface area contributed by atoms with E-state index in [0.717, 1.165) is 5.56 Å². The lowest BCUT2D eigenvalue weighted by molar-refractivity contribution is -0.147. The first-order valence-electron chi connectivity index (χ1n) is 15.9. The number of carbonyl (C=O) groups excluding carboxylic acids is 6. The van der Waals surface area contributed by atoms with Crippen molar-refractivity contribution in [3.63, 3.8) is 0 Å². The topological polar surface area (TPSA) is 181 Å². The molecule has 46 heavy (non-hydrogen) atoms. The Kier molecular flexibility index (Phi) is 17.4. The minimum absolute atomic E-state index is 0.00270. The van der Waals surface area contributed by atoms with Crippen molar-refractivity contribution in [2.45, 2.75) is 111 Å². The number of hydrogen-bond acceptors (Lipinski definition) is 8. The zero-order valence-corrected chi connectivity index (χ0v) is 28.6. The average Bonchev–Trinajstić information content (AvgIpc) is 3.02. The number of carbonyl (C=O) groups is 6. The summed E-state index contributed by atoms with van der Waals surface area (Å²) in [6.07, 6.45) is 0.340. The normalized spacial score (nSPS) is 14.9. The van der Waals surface area contributed by atoms with Gasteiger partial charge in [0.15, 0.2) is 0 Å². The van der Waals surface area contributed by atoms with Gasteiger partial charge in [0.2, 0.25) is 23.6 Å². The van der Waals surface area contributed by atoms with Gasteiger partial charge in [-0.15, -0.1) is 0 Å². The van der Waals surface area contributed by atoms with Crippen LogP contribution in [-0.4, -0.2) is 73.0 Å². The lowest BCUT2D eigenvalue weighted by Crippen LogP contribution is -2.59. The van der Waals surface area contributed by atoms with Crippen LogP contribution in [0.2, 0.25) is 0 Å². The molecule has 0 saturated heterocycles. The summed E-state index contributed by atoms with van der Waals surface area (Å²) in [7, 11) is 1.24. The standard InChI is InChI=1S/C33H53N5O8/c1-10-21(7)27(32(43)45-9)37-29(40)24(11-2)35-28(39)22(8)34-30(41)25(17-19(3)4)36-31(42)26(20(5)6)38-33(44)46-18-23-15-13-12-14-16-23/h12-16,19-22,24-27H,10-11,17-18H2,1-9H3,(H,34,41)(H,35,39)(H,36,42)(H,37,40)(H,38,44)/t21-,22?,24-,25-,26-,27-/m0/s1. The minimum atomic E-state index is -1.06. The van der Waals surface area contributed by atoms with E-state index in [-0.39, 0.29) is 37.2 Å². The van der Waals surface area contributed by atoms with Crippen LogP contribution in [0.5, 0.6) is 0 Å². The molecule has 5 N–H and O–H groups in total. The number of nitrogens with one attached hydrogen (secondary N) is 5. The Balaban J connectivity index is 2.89. The monoisotopic (exact) mass is 647 g/mol. The molecule has 13 nitrogen and oxygen atoms in total. The zero-order valence-electron chi connectivity index (χ0n) is 28.6. The Morgan fingerprint density at radius 3 is 1.78 bits per heavy atom. The summed E-state index contributed by atoms with van der Waals surface area (Å²) in [5, 5.41) is 13.2. The van der Waals surface area contributed by atoms with Gasteiger partial charge in [0, 0.05) is 0 Å². The fourth-order valence-electron chi connectivity index (χ4n) is 4.47. The van der Waals surface area contributed by atoms with Gasteiger partial charge in [-0.1, -0.05) is 85.2 Å². The SMILES string of the molecule is CC[C@H](NC(=O)C(C)NC(=O)[C@H](CC(C)C)NC(=O)[C@@H](NC(=O)OCc1ccccc1)C(C)C)C(=O)N[C@H](C(=O)OC)[C@@H](C)CC. The van der Waals surface area contributed by atoms with Crippen LogP contribution in [0.4, 0.5) is 4.79 Å². The fourth-order valence-corrected chi connectivity index (χ4v) is 4.47. The number of methoxy groups -OCH3 is 1. The van der Waals surface area contributed by atoms with E-state index in [1.807, 2.05) is 58.0 Å². The first kappa shape index (κ1) is 39.9. The summed E-state index contributed by atoms with van der Waals surface area (Å²) in [6.45, 7) is 14.2. The molecule has 5 amide bonds. The van der Waals surface area contributed by atoms with E-state index in [4.69, 9.17) is 9.47 Å². The maximum atomic E-state index is 13.3. The van der Waals surface area contributed by atoms with Crippen molar-refractivity contribution < 1.29 is 38.2 Å². The van der Waals surface area contributed by atoms with Crippen molar-refractivity contribution in [1.82, 2.24) is 26.6 Å². The average molecular weight is 648 g/mol.